The number of benzene rings is 1. The lowest BCUT2D eigenvalue weighted by atomic mass is 10.0. The second kappa shape index (κ2) is 7.42. The van der Waals surface area contributed by atoms with E-state index in [1.807, 2.05) is 6.92 Å². The van der Waals surface area contributed by atoms with Crippen LogP contribution in [-0.4, -0.2) is 40.8 Å². The third-order valence-electron chi connectivity index (χ3n) is 4.36. The van der Waals surface area contributed by atoms with Gasteiger partial charge in [-0.25, -0.2) is 4.39 Å². The van der Waals surface area contributed by atoms with Crippen LogP contribution in [0.5, 0.6) is 0 Å². The summed E-state index contributed by atoms with van der Waals surface area (Å²) in [4.78, 5) is 30.3. The standard InChI is InChI=1S/C19H20FN3O2/c1-13-10-14(12-21-11-13)18(24)22-15-6-8-23(9-7-15)19(25)16-4-2-3-5-17(16)20/h2-5,10-12,15H,6-9H2,1H3,(H,22,24). The number of pyridine rings is 1. The average Bonchev–Trinajstić information content (AvgIpc) is 2.62. The predicted octanol–water partition coefficient (Wildman–Crippen LogP) is 2.56. The Hall–Kier alpha value is -2.76. The van der Waals surface area contributed by atoms with Crippen LogP contribution in [-0.2, 0) is 0 Å². The number of likely N-dealkylation sites (tertiary alicyclic amines) is 1. The number of carbonyl (C=O) groups excluding carboxylic acids is 2. The molecule has 0 atom stereocenters. The second-order valence-electron chi connectivity index (χ2n) is 6.27. The smallest absolute Gasteiger partial charge is 0.256 e. The largest absolute Gasteiger partial charge is 0.349 e. The van der Waals surface area contributed by atoms with E-state index in [0.717, 1.165) is 5.56 Å². The minimum atomic E-state index is -0.505. The molecule has 1 aromatic carbocycles. The monoisotopic (exact) mass is 341 g/mol. The molecule has 1 fully saturated rings. The molecule has 2 heterocycles. The number of aromatic nitrogens is 1. The van der Waals surface area contributed by atoms with Gasteiger partial charge in [0.2, 0.25) is 0 Å². The van der Waals surface area contributed by atoms with Crippen LogP contribution in [0.15, 0.2) is 42.7 Å². The molecule has 0 unspecified atom stereocenters. The summed E-state index contributed by atoms with van der Waals surface area (Å²) in [5, 5.41) is 2.98. The average molecular weight is 341 g/mol. The van der Waals surface area contributed by atoms with Crippen LogP contribution in [0.2, 0.25) is 0 Å². The highest BCUT2D eigenvalue weighted by atomic mass is 19.1. The summed E-state index contributed by atoms with van der Waals surface area (Å²) in [6.45, 7) is 2.87. The zero-order valence-electron chi connectivity index (χ0n) is 14.0. The zero-order chi connectivity index (χ0) is 17.8. The molecule has 1 saturated heterocycles. The summed E-state index contributed by atoms with van der Waals surface area (Å²) in [5.41, 5.74) is 1.55. The van der Waals surface area contributed by atoms with Gasteiger partial charge in [0.1, 0.15) is 5.82 Å². The Morgan fingerprint density at radius 3 is 2.60 bits per heavy atom. The van der Waals surface area contributed by atoms with Gasteiger partial charge < -0.3 is 10.2 Å². The first-order valence-electron chi connectivity index (χ1n) is 8.31. The number of carbonyl (C=O) groups is 2. The minimum Gasteiger partial charge on any atom is -0.349 e. The maximum absolute atomic E-state index is 13.8. The number of nitrogens with one attached hydrogen (secondary N) is 1. The number of rotatable bonds is 3. The van der Waals surface area contributed by atoms with Crippen molar-refractivity contribution in [1.29, 1.82) is 0 Å². The van der Waals surface area contributed by atoms with Gasteiger partial charge in [0.05, 0.1) is 11.1 Å². The molecule has 2 amide bonds. The highest BCUT2D eigenvalue weighted by molar-refractivity contribution is 5.95. The van der Waals surface area contributed by atoms with E-state index >= 15 is 0 Å². The van der Waals surface area contributed by atoms with Crippen molar-refractivity contribution in [3.05, 3.63) is 65.2 Å². The molecule has 2 aromatic rings. The van der Waals surface area contributed by atoms with Crippen molar-refractivity contribution in [3.63, 3.8) is 0 Å². The van der Waals surface area contributed by atoms with Gasteiger partial charge in [-0.1, -0.05) is 12.1 Å². The van der Waals surface area contributed by atoms with Gasteiger partial charge in [0.15, 0.2) is 0 Å². The van der Waals surface area contributed by atoms with Crippen LogP contribution >= 0.6 is 0 Å². The van der Waals surface area contributed by atoms with Gasteiger partial charge in [-0.15, -0.1) is 0 Å². The summed E-state index contributed by atoms with van der Waals surface area (Å²) in [6.07, 6.45) is 4.53. The topological polar surface area (TPSA) is 62.3 Å². The lowest BCUT2D eigenvalue weighted by Gasteiger charge is -2.32. The molecule has 1 aliphatic rings. The van der Waals surface area contributed by atoms with Crippen molar-refractivity contribution < 1.29 is 14.0 Å². The van der Waals surface area contributed by atoms with Gasteiger partial charge in [-0.05, 0) is 43.5 Å². The number of piperidine rings is 1. The van der Waals surface area contributed by atoms with E-state index in [1.165, 1.54) is 12.1 Å². The third kappa shape index (κ3) is 4.02. The normalized spacial score (nSPS) is 15.0. The Kier molecular flexibility index (Phi) is 5.07. The van der Waals surface area contributed by atoms with E-state index in [1.54, 1.807) is 35.5 Å². The van der Waals surface area contributed by atoms with Gasteiger partial charge in [0.25, 0.3) is 11.8 Å². The van der Waals surface area contributed by atoms with Crippen molar-refractivity contribution >= 4 is 11.8 Å². The van der Waals surface area contributed by atoms with Crippen LogP contribution < -0.4 is 5.32 Å². The molecule has 1 aromatic heterocycles. The van der Waals surface area contributed by atoms with Gasteiger partial charge >= 0.3 is 0 Å². The molecule has 0 bridgehead atoms. The molecule has 6 heteroatoms. The summed E-state index contributed by atoms with van der Waals surface area (Å²) >= 11 is 0. The Balaban J connectivity index is 1.56. The molecule has 1 aliphatic heterocycles. The molecule has 0 radical (unpaired) electrons. The van der Waals surface area contributed by atoms with Crippen LogP contribution in [0.4, 0.5) is 4.39 Å². The summed E-state index contributed by atoms with van der Waals surface area (Å²) in [7, 11) is 0. The Labute approximate surface area is 145 Å². The Morgan fingerprint density at radius 2 is 1.92 bits per heavy atom. The van der Waals surface area contributed by atoms with Gasteiger partial charge in [-0.3, -0.25) is 14.6 Å². The van der Waals surface area contributed by atoms with Gasteiger partial charge in [-0.2, -0.15) is 0 Å². The number of amides is 2. The van der Waals surface area contributed by atoms with Gasteiger partial charge in [0, 0.05) is 31.5 Å². The molecule has 3 rings (SSSR count). The molecule has 0 aliphatic carbocycles. The highest BCUT2D eigenvalue weighted by Crippen LogP contribution is 2.16. The lowest BCUT2D eigenvalue weighted by Crippen LogP contribution is -2.46. The van der Waals surface area contributed by atoms with Crippen molar-refractivity contribution in [2.45, 2.75) is 25.8 Å². The fourth-order valence-electron chi connectivity index (χ4n) is 2.98. The van der Waals surface area contributed by atoms with E-state index in [-0.39, 0.29) is 23.4 Å². The van der Waals surface area contributed by atoms with Crippen LogP contribution in [0.25, 0.3) is 0 Å². The molecule has 25 heavy (non-hydrogen) atoms. The van der Waals surface area contributed by atoms with E-state index in [9.17, 15) is 14.0 Å². The summed E-state index contributed by atoms with van der Waals surface area (Å²) < 4.78 is 13.8. The van der Waals surface area contributed by atoms with Crippen molar-refractivity contribution in [1.82, 2.24) is 15.2 Å². The molecule has 130 valence electrons. The SMILES string of the molecule is Cc1cncc(C(=O)NC2CCN(C(=O)c3ccccc3F)CC2)c1. The number of halogens is 1. The fraction of sp³-hybridized carbons (Fsp3) is 0.316. The number of hydrogen-bond acceptors (Lipinski definition) is 3. The third-order valence-corrected chi connectivity index (χ3v) is 4.36. The summed E-state index contributed by atoms with van der Waals surface area (Å²) in [5.74, 6) is -0.962. The highest BCUT2D eigenvalue weighted by Gasteiger charge is 2.26. The van der Waals surface area contributed by atoms with E-state index in [0.29, 0.717) is 31.5 Å². The van der Waals surface area contributed by atoms with E-state index in [2.05, 4.69) is 10.3 Å². The number of hydrogen-bond donors (Lipinski definition) is 1. The molecule has 0 saturated carbocycles. The first-order chi connectivity index (χ1) is 12.0. The summed E-state index contributed by atoms with van der Waals surface area (Å²) in [6, 6.07) is 7.79. The maximum Gasteiger partial charge on any atom is 0.256 e. The minimum absolute atomic E-state index is 0.00215. The van der Waals surface area contributed by atoms with Crippen LogP contribution in [0.3, 0.4) is 0 Å². The molecular weight excluding hydrogens is 321 g/mol. The molecular formula is C19H20FN3O2. The van der Waals surface area contributed by atoms with Crippen molar-refractivity contribution in [2.24, 2.45) is 0 Å². The van der Waals surface area contributed by atoms with Crippen molar-refractivity contribution in [2.75, 3.05) is 13.1 Å². The quantitative estimate of drug-likeness (QED) is 0.933. The molecule has 5 nitrogen and oxygen atoms in total. The van der Waals surface area contributed by atoms with E-state index in [4.69, 9.17) is 0 Å². The first-order valence-corrected chi connectivity index (χ1v) is 8.31. The van der Waals surface area contributed by atoms with Crippen molar-refractivity contribution in [3.8, 4) is 0 Å². The Bertz CT molecular complexity index is 786. The van der Waals surface area contributed by atoms with E-state index < -0.39 is 5.82 Å². The lowest BCUT2D eigenvalue weighted by molar-refractivity contribution is 0.0693. The Morgan fingerprint density at radius 1 is 1.20 bits per heavy atom. The maximum atomic E-state index is 13.8. The zero-order valence-corrected chi connectivity index (χ0v) is 14.0. The molecule has 1 N–H and O–H groups in total. The van der Waals surface area contributed by atoms with Crippen LogP contribution in [0, 0.1) is 12.7 Å². The number of aryl methyl sites for hydroxylation is 1. The fourth-order valence-corrected chi connectivity index (χ4v) is 2.98. The van der Waals surface area contributed by atoms with Crippen LogP contribution in [0.1, 0.15) is 39.1 Å². The predicted molar refractivity (Wildman–Crippen MR) is 91.8 cm³/mol. The first kappa shape index (κ1) is 17.1. The second-order valence-corrected chi connectivity index (χ2v) is 6.27. The number of nitrogens with zero attached hydrogens (tertiary/aromatic N) is 2. The molecule has 0 spiro atoms.